The van der Waals surface area contributed by atoms with Gasteiger partial charge in [0.05, 0.1) is 24.8 Å². The molecule has 29 heavy (non-hydrogen) atoms. The summed E-state index contributed by atoms with van der Waals surface area (Å²) in [6.45, 7) is 0.638. The Morgan fingerprint density at radius 2 is 1.90 bits per heavy atom. The SMILES string of the molecule is COc1ccc(CNC(=O)Cn2c(-c3cccs3)cc3ccccc32)c(OC)c1. The van der Waals surface area contributed by atoms with Crippen molar-refractivity contribution in [1.29, 1.82) is 0 Å². The largest absolute Gasteiger partial charge is 0.497 e. The van der Waals surface area contributed by atoms with Gasteiger partial charge in [-0.1, -0.05) is 24.3 Å². The van der Waals surface area contributed by atoms with Crippen LogP contribution in [-0.2, 0) is 17.9 Å². The lowest BCUT2D eigenvalue weighted by Gasteiger charge is -2.13. The zero-order chi connectivity index (χ0) is 20.2. The fourth-order valence-corrected chi connectivity index (χ4v) is 4.15. The van der Waals surface area contributed by atoms with Crippen molar-refractivity contribution in [3.8, 4) is 22.1 Å². The summed E-state index contributed by atoms with van der Waals surface area (Å²) < 4.78 is 12.7. The molecule has 148 valence electrons. The van der Waals surface area contributed by atoms with E-state index in [0.717, 1.165) is 32.8 Å². The maximum absolute atomic E-state index is 12.8. The van der Waals surface area contributed by atoms with Crippen LogP contribution in [0, 0.1) is 0 Å². The number of carbonyl (C=O) groups excluding carboxylic acids is 1. The topological polar surface area (TPSA) is 52.5 Å². The molecule has 0 saturated carbocycles. The third kappa shape index (κ3) is 3.98. The first kappa shape index (κ1) is 19.1. The summed E-state index contributed by atoms with van der Waals surface area (Å²) in [4.78, 5) is 13.9. The Morgan fingerprint density at radius 3 is 2.66 bits per heavy atom. The highest BCUT2D eigenvalue weighted by molar-refractivity contribution is 7.13. The first-order valence-electron chi connectivity index (χ1n) is 9.29. The Labute approximate surface area is 173 Å². The van der Waals surface area contributed by atoms with Gasteiger partial charge in [0.1, 0.15) is 18.0 Å². The van der Waals surface area contributed by atoms with Gasteiger partial charge in [0.2, 0.25) is 5.91 Å². The summed E-state index contributed by atoms with van der Waals surface area (Å²) in [5, 5.41) is 6.18. The van der Waals surface area contributed by atoms with Crippen LogP contribution < -0.4 is 14.8 Å². The quantitative estimate of drug-likeness (QED) is 0.484. The Bertz CT molecular complexity index is 1130. The smallest absolute Gasteiger partial charge is 0.240 e. The fourth-order valence-electron chi connectivity index (χ4n) is 3.40. The number of methoxy groups -OCH3 is 2. The van der Waals surface area contributed by atoms with Crippen LogP contribution in [-0.4, -0.2) is 24.7 Å². The first-order valence-corrected chi connectivity index (χ1v) is 10.2. The average Bonchev–Trinajstić information content (AvgIpc) is 3.40. The van der Waals surface area contributed by atoms with Crippen molar-refractivity contribution in [3.63, 3.8) is 0 Å². The number of thiophene rings is 1. The summed E-state index contributed by atoms with van der Waals surface area (Å²) in [6, 6.07) is 20.0. The number of nitrogens with one attached hydrogen (secondary N) is 1. The fraction of sp³-hybridized carbons (Fsp3) is 0.174. The van der Waals surface area contributed by atoms with Gasteiger partial charge in [-0.3, -0.25) is 4.79 Å². The van der Waals surface area contributed by atoms with E-state index < -0.39 is 0 Å². The minimum Gasteiger partial charge on any atom is -0.497 e. The molecule has 1 N–H and O–H groups in total. The summed E-state index contributed by atoms with van der Waals surface area (Å²) in [5.41, 5.74) is 3.00. The van der Waals surface area contributed by atoms with E-state index in [-0.39, 0.29) is 12.5 Å². The third-order valence-corrected chi connectivity index (χ3v) is 5.75. The Morgan fingerprint density at radius 1 is 1.03 bits per heavy atom. The number of hydrogen-bond acceptors (Lipinski definition) is 4. The van der Waals surface area contributed by atoms with Gasteiger partial charge in [-0.05, 0) is 35.7 Å². The number of para-hydroxylation sites is 1. The molecule has 0 unspecified atom stereocenters. The van der Waals surface area contributed by atoms with Crippen LogP contribution in [0.3, 0.4) is 0 Å². The summed E-state index contributed by atoms with van der Waals surface area (Å²) in [7, 11) is 3.22. The van der Waals surface area contributed by atoms with Crippen LogP contribution in [0.15, 0.2) is 66.0 Å². The van der Waals surface area contributed by atoms with Crippen molar-refractivity contribution in [2.45, 2.75) is 13.1 Å². The van der Waals surface area contributed by atoms with Gasteiger partial charge in [0.25, 0.3) is 0 Å². The van der Waals surface area contributed by atoms with Gasteiger partial charge < -0.3 is 19.4 Å². The molecule has 5 nitrogen and oxygen atoms in total. The first-order chi connectivity index (χ1) is 14.2. The van der Waals surface area contributed by atoms with E-state index in [4.69, 9.17) is 9.47 Å². The van der Waals surface area contributed by atoms with E-state index in [1.165, 1.54) is 0 Å². The molecule has 6 heteroatoms. The number of amides is 1. The lowest BCUT2D eigenvalue weighted by Crippen LogP contribution is -2.27. The van der Waals surface area contributed by atoms with Gasteiger partial charge in [-0.2, -0.15) is 0 Å². The van der Waals surface area contributed by atoms with Gasteiger partial charge in [-0.25, -0.2) is 0 Å². The highest BCUT2D eigenvalue weighted by atomic mass is 32.1. The summed E-state index contributed by atoms with van der Waals surface area (Å²) in [5.74, 6) is 1.36. The monoisotopic (exact) mass is 406 g/mol. The van der Waals surface area contributed by atoms with Crippen molar-refractivity contribution in [2.75, 3.05) is 14.2 Å². The zero-order valence-corrected chi connectivity index (χ0v) is 17.2. The van der Waals surface area contributed by atoms with Crippen LogP contribution in [0.1, 0.15) is 5.56 Å². The van der Waals surface area contributed by atoms with Gasteiger partial charge >= 0.3 is 0 Å². The highest BCUT2D eigenvalue weighted by Crippen LogP contribution is 2.31. The van der Waals surface area contributed by atoms with E-state index in [0.29, 0.717) is 12.3 Å². The molecule has 0 saturated heterocycles. The van der Waals surface area contributed by atoms with Gasteiger partial charge in [0, 0.05) is 29.1 Å². The molecule has 2 heterocycles. The predicted molar refractivity (Wildman–Crippen MR) is 117 cm³/mol. The number of aromatic nitrogens is 1. The van der Waals surface area contributed by atoms with Crippen molar-refractivity contribution in [3.05, 3.63) is 71.6 Å². The molecule has 4 aromatic rings. The van der Waals surface area contributed by atoms with Crippen molar-refractivity contribution in [2.24, 2.45) is 0 Å². The van der Waals surface area contributed by atoms with E-state index in [9.17, 15) is 4.79 Å². The number of hydrogen-bond donors (Lipinski definition) is 1. The zero-order valence-electron chi connectivity index (χ0n) is 16.3. The lowest BCUT2D eigenvalue weighted by atomic mass is 10.2. The molecule has 0 aliphatic rings. The summed E-state index contributed by atoms with van der Waals surface area (Å²) in [6.07, 6.45) is 0. The number of benzene rings is 2. The van der Waals surface area contributed by atoms with Crippen LogP contribution in [0.25, 0.3) is 21.5 Å². The molecule has 4 rings (SSSR count). The van der Waals surface area contributed by atoms with Crippen molar-refractivity contribution >= 4 is 28.1 Å². The van der Waals surface area contributed by atoms with Crippen LogP contribution in [0.4, 0.5) is 0 Å². The molecule has 0 radical (unpaired) electrons. The standard InChI is InChI=1S/C23H22N2O3S/c1-27-18-10-9-17(21(13-18)28-2)14-24-23(26)15-25-19-7-4-3-6-16(19)12-20(25)22-8-5-11-29-22/h3-13H,14-15H2,1-2H3,(H,24,26). The second-order valence-corrected chi connectivity index (χ2v) is 7.55. The number of fused-ring (bicyclic) bond motifs is 1. The Kier molecular flexibility index (Phi) is 5.53. The predicted octanol–water partition coefficient (Wildman–Crippen LogP) is 4.70. The van der Waals surface area contributed by atoms with Crippen molar-refractivity contribution < 1.29 is 14.3 Å². The number of ether oxygens (including phenoxy) is 2. The molecule has 0 aliphatic heterocycles. The maximum atomic E-state index is 12.8. The number of nitrogens with zero attached hydrogens (tertiary/aromatic N) is 1. The molecule has 0 bridgehead atoms. The molecular weight excluding hydrogens is 384 g/mol. The highest BCUT2D eigenvalue weighted by Gasteiger charge is 2.14. The van der Waals surface area contributed by atoms with E-state index in [1.54, 1.807) is 25.6 Å². The number of carbonyl (C=O) groups is 1. The molecular formula is C23H22N2O3S. The minimum atomic E-state index is -0.0537. The molecule has 0 atom stereocenters. The molecule has 0 spiro atoms. The lowest BCUT2D eigenvalue weighted by molar-refractivity contribution is -0.121. The van der Waals surface area contributed by atoms with Crippen LogP contribution in [0.5, 0.6) is 11.5 Å². The maximum Gasteiger partial charge on any atom is 0.240 e. The van der Waals surface area contributed by atoms with E-state index in [1.807, 2.05) is 47.8 Å². The average molecular weight is 407 g/mol. The third-order valence-electron chi connectivity index (χ3n) is 4.86. The molecule has 0 fully saturated rings. The second-order valence-electron chi connectivity index (χ2n) is 6.61. The van der Waals surface area contributed by atoms with E-state index in [2.05, 4.69) is 28.1 Å². The Hall–Kier alpha value is -3.25. The minimum absolute atomic E-state index is 0.0537. The van der Waals surface area contributed by atoms with Crippen LogP contribution >= 0.6 is 11.3 Å². The van der Waals surface area contributed by atoms with Gasteiger partial charge in [-0.15, -0.1) is 11.3 Å². The molecule has 0 aliphatic carbocycles. The summed E-state index contributed by atoms with van der Waals surface area (Å²) >= 11 is 1.67. The van der Waals surface area contributed by atoms with Crippen LogP contribution in [0.2, 0.25) is 0 Å². The van der Waals surface area contributed by atoms with Gasteiger partial charge in [0.15, 0.2) is 0 Å². The second kappa shape index (κ2) is 8.41. The molecule has 2 aromatic carbocycles. The normalized spacial score (nSPS) is 10.8. The Balaban J connectivity index is 1.55. The molecule has 2 aromatic heterocycles. The molecule has 1 amide bonds. The van der Waals surface area contributed by atoms with E-state index >= 15 is 0 Å². The number of rotatable bonds is 7. The van der Waals surface area contributed by atoms with Crippen molar-refractivity contribution in [1.82, 2.24) is 9.88 Å².